The summed E-state index contributed by atoms with van der Waals surface area (Å²) in [6.45, 7) is -0.0935. The molecule has 1 aliphatic carbocycles. The van der Waals surface area contributed by atoms with Gasteiger partial charge < -0.3 is 5.32 Å². The number of ketones is 2. The fourth-order valence-electron chi connectivity index (χ4n) is 4.09. The summed E-state index contributed by atoms with van der Waals surface area (Å²) in [5.41, 5.74) is 0.750. The summed E-state index contributed by atoms with van der Waals surface area (Å²) in [5, 5.41) is 2.58. The fourth-order valence-corrected chi connectivity index (χ4v) is 4.09. The first-order valence-corrected chi connectivity index (χ1v) is 10.0. The Morgan fingerprint density at radius 2 is 1.75 bits per heavy atom. The highest BCUT2D eigenvalue weighted by molar-refractivity contribution is 6.24. The maximum absolute atomic E-state index is 13.3. The third-order valence-electron chi connectivity index (χ3n) is 5.55. The Labute approximate surface area is 181 Å². The molecule has 32 heavy (non-hydrogen) atoms. The molecule has 0 bridgehead atoms. The van der Waals surface area contributed by atoms with Gasteiger partial charge in [-0.1, -0.05) is 12.1 Å². The van der Waals surface area contributed by atoms with Crippen molar-refractivity contribution in [3.63, 3.8) is 0 Å². The van der Waals surface area contributed by atoms with Crippen LogP contribution in [-0.4, -0.2) is 40.2 Å². The number of Topliss-reactive ketones (excluding diaryl/α,β-unsaturated/α-hetero) is 2. The smallest absolute Gasteiger partial charge is 0.262 e. The topological polar surface area (TPSA) is 101 Å². The molecule has 2 aromatic carbocycles. The predicted molar refractivity (Wildman–Crippen MR) is 107 cm³/mol. The summed E-state index contributed by atoms with van der Waals surface area (Å²) in [6, 6.07) is 6.42. The van der Waals surface area contributed by atoms with E-state index in [0.29, 0.717) is 11.6 Å². The quantitative estimate of drug-likeness (QED) is 0.567. The van der Waals surface area contributed by atoms with Crippen molar-refractivity contribution in [1.29, 1.82) is 0 Å². The largest absolute Gasteiger partial charge is 0.352 e. The van der Waals surface area contributed by atoms with E-state index in [1.807, 2.05) is 0 Å². The van der Waals surface area contributed by atoms with E-state index in [-0.39, 0.29) is 54.7 Å². The van der Waals surface area contributed by atoms with E-state index in [1.165, 1.54) is 6.07 Å². The zero-order valence-corrected chi connectivity index (χ0v) is 16.8. The first-order chi connectivity index (χ1) is 15.2. The average Bonchev–Trinajstić information content (AvgIpc) is 2.97. The van der Waals surface area contributed by atoms with Crippen molar-refractivity contribution >= 4 is 29.3 Å². The zero-order valence-electron chi connectivity index (χ0n) is 16.8. The van der Waals surface area contributed by atoms with Crippen LogP contribution in [0.5, 0.6) is 0 Å². The summed E-state index contributed by atoms with van der Waals surface area (Å²) >= 11 is 0. The minimum atomic E-state index is -0.981. The van der Waals surface area contributed by atoms with Gasteiger partial charge >= 0.3 is 0 Å². The lowest BCUT2D eigenvalue weighted by Crippen LogP contribution is -2.47. The molecule has 1 saturated carbocycles. The highest BCUT2D eigenvalue weighted by Crippen LogP contribution is 2.31. The number of imide groups is 1. The van der Waals surface area contributed by atoms with Crippen LogP contribution in [0.25, 0.3) is 0 Å². The molecule has 1 fully saturated rings. The number of nitrogens with zero attached hydrogens (tertiary/aromatic N) is 1. The molecular formula is C23H18F2N2O5. The second kappa shape index (κ2) is 8.41. The maximum Gasteiger partial charge on any atom is 0.262 e. The van der Waals surface area contributed by atoms with Crippen LogP contribution >= 0.6 is 0 Å². The summed E-state index contributed by atoms with van der Waals surface area (Å²) in [6.07, 6.45) is -0.359. The summed E-state index contributed by atoms with van der Waals surface area (Å²) in [7, 11) is 0. The molecule has 164 valence electrons. The maximum atomic E-state index is 13.3. The second-order valence-electron chi connectivity index (χ2n) is 7.79. The fraction of sp³-hybridized carbons (Fsp3) is 0.261. The van der Waals surface area contributed by atoms with Gasteiger partial charge in [0.25, 0.3) is 11.8 Å². The Kier molecular flexibility index (Phi) is 5.65. The standard InChI is InChI=1S/C23H18F2N2O5/c24-14-6-12(7-15(25)9-14)8-20(30)26-11-13-2-1-3-17-21(13)23(32)27(22(17)31)18-5-4-16(28)10-19(18)29/h1-3,6-7,9,18H,4-5,8,10-11H2,(H,26,30). The van der Waals surface area contributed by atoms with Gasteiger partial charge in [0.2, 0.25) is 5.91 Å². The number of fused-ring (bicyclic) bond motifs is 1. The van der Waals surface area contributed by atoms with Crippen LogP contribution in [0.1, 0.15) is 51.1 Å². The lowest BCUT2D eigenvalue weighted by Gasteiger charge is -2.27. The van der Waals surface area contributed by atoms with Gasteiger partial charge in [-0.2, -0.15) is 0 Å². The number of rotatable bonds is 5. The predicted octanol–water partition coefficient (Wildman–Crippen LogP) is 2.11. The molecule has 2 aliphatic rings. The van der Waals surface area contributed by atoms with E-state index in [1.54, 1.807) is 12.1 Å². The Balaban J connectivity index is 1.50. The van der Waals surface area contributed by atoms with Gasteiger partial charge in [0.1, 0.15) is 17.4 Å². The molecule has 4 rings (SSSR count). The number of hydrogen-bond donors (Lipinski definition) is 1. The van der Waals surface area contributed by atoms with E-state index in [4.69, 9.17) is 0 Å². The van der Waals surface area contributed by atoms with Crippen LogP contribution in [0, 0.1) is 11.6 Å². The molecule has 1 atom stereocenters. The van der Waals surface area contributed by atoms with E-state index in [2.05, 4.69) is 5.32 Å². The Morgan fingerprint density at radius 3 is 2.44 bits per heavy atom. The summed E-state index contributed by atoms with van der Waals surface area (Å²) in [5.74, 6) is -4.05. The highest BCUT2D eigenvalue weighted by Gasteiger charge is 2.45. The molecule has 1 N–H and O–H groups in total. The van der Waals surface area contributed by atoms with Gasteiger partial charge in [0.15, 0.2) is 5.78 Å². The van der Waals surface area contributed by atoms with Gasteiger partial charge in [-0.05, 0) is 35.7 Å². The Hall–Kier alpha value is -3.75. The van der Waals surface area contributed by atoms with E-state index < -0.39 is 41.2 Å². The molecule has 2 aromatic rings. The first kappa shape index (κ1) is 21.5. The molecule has 7 nitrogen and oxygen atoms in total. The van der Waals surface area contributed by atoms with Crippen molar-refractivity contribution in [3.05, 3.63) is 70.3 Å². The molecule has 1 unspecified atom stereocenters. The lowest BCUT2D eigenvalue weighted by molar-refractivity contribution is -0.132. The molecular weight excluding hydrogens is 422 g/mol. The molecule has 9 heteroatoms. The first-order valence-electron chi connectivity index (χ1n) is 10.0. The van der Waals surface area contributed by atoms with Gasteiger partial charge in [-0.3, -0.25) is 28.9 Å². The van der Waals surface area contributed by atoms with Crippen LogP contribution in [0.15, 0.2) is 36.4 Å². The normalized spacial score (nSPS) is 18.2. The van der Waals surface area contributed by atoms with Gasteiger partial charge in [0, 0.05) is 19.0 Å². The number of benzene rings is 2. The van der Waals surface area contributed by atoms with Crippen LogP contribution in [0.4, 0.5) is 8.78 Å². The van der Waals surface area contributed by atoms with Crippen molar-refractivity contribution in [2.45, 2.75) is 38.3 Å². The molecule has 1 heterocycles. The van der Waals surface area contributed by atoms with Crippen LogP contribution in [0.2, 0.25) is 0 Å². The monoisotopic (exact) mass is 440 g/mol. The molecule has 0 radical (unpaired) electrons. The number of halogens is 2. The highest BCUT2D eigenvalue weighted by atomic mass is 19.1. The van der Waals surface area contributed by atoms with Crippen molar-refractivity contribution in [3.8, 4) is 0 Å². The Bertz CT molecular complexity index is 1160. The SMILES string of the molecule is O=C1CCC(N2C(=O)c3cccc(CNC(=O)Cc4cc(F)cc(F)c4)c3C2=O)C(=O)C1. The van der Waals surface area contributed by atoms with Crippen LogP contribution in [0.3, 0.4) is 0 Å². The summed E-state index contributed by atoms with van der Waals surface area (Å²) < 4.78 is 26.6. The average molecular weight is 440 g/mol. The molecule has 0 saturated heterocycles. The molecule has 0 spiro atoms. The van der Waals surface area contributed by atoms with Crippen molar-refractivity contribution < 1.29 is 32.8 Å². The van der Waals surface area contributed by atoms with Crippen molar-refractivity contribution in [2.24, 2.45) is 0 Å². The van der Waals surface area contributed by atoms with Crippen molar-refractivity contribution in [1.82, 2.24) is 10.2 Å². The van der Waals surface area contributed by atoms with E-state index in [9.17, 15) is 32.8 Å². The van der Waals surface area contributed by atoms with E-state index in [0.717, 1.165) is 17.0 Å². The number of nitrogens with one attached hydrogen (secondary N) is 1. The van der Waals surface area contributed by atoms with Gasteiger partial charge in [0.05, 0.1) is 30.0 Å². The van der Waals surface area contributed by atoms with Gasteiger partial charge in [-0.15, -0.1) is 0 Å². The third kappa shape index (κ3) is 4.05. The number of amides is 3. The molecule has 1 aliphatic heterocycles. The van der Waals surface area contributed by atoms with Crippen molar-refractivity contribution in [2.75, 3.05) is 0 Å². The number of hydrogen-bond acceptors (Lipinski definition) is 5. The minimum Gasteiger partial charge on any atom is -0.352 e. The minimum absolute atomic E-state index is 0.0935. The lowest BCUT2D eigenvalue weighted by atomic mass is 9.92. The van der Waals surface area contributed by atoms with Crippen LogP contribution in [-0.2, 0) is 27.3 Å². The van der Waals surface area contributed by atoms with Crippen LogP contribution < -0.4 is 5.32 Å². The number of carbonyl (C=O) groups is 5. The summed E-state index contributed by atoms with van der Waals surface area (Å²) in [4.78, 5) is 62.8. The molecule has 3 amide bonds. The zero-order chi connectivity index (χ0) is 23.0. The van der Waals surface area contributed by atoms with E-state index >= 15 is 0 Å². The third-order valence-corrected chi connectivity index (χ3v) is 5.55. The molecule has 0 aromatic heterocycles. The number of carbonyl (C=O) groups excluding carboxylic acids is 5. The van der Waals surface area contributed by atoms with Gasteiger partial charge in [-0.25, -0.2) is 8.78 Å². The second-order valence-corrected chi connectivity index (χ2v) is 7.79. The Morgan fingerprint density at radius 1 is 1.03 bits per heavy atom.